The van der Waals surface area contributed by atoms with Crippen molar-refractivity contribution in [2.45, 2.75) is 17.8 Å². The van der Waals surface area contributed by atoms with Crippen LogP contribution < -0.4 is 4.74 Å². The Balaban J connectivity index is 1.90. The van der Waals surface area contributed by atoms with E-state index in [4.69, 9.17) is 4.74 Å². The molecule has 0 aliphatic heterocycles. The minimum atomic E-state index is -5.68. The number of halogens is 7. The first-order valence-electron chi connectivity index (χ1n) is 8.28. The van der Waals surface area contributed by atoms with Crippen molar-refractivity contribution in [3.8, 4) is 11.5 Å². The molecule has 0 radical (unpaired) electrons. The van der Waals surface area contributed by atoms with E-state index in [9.17, 15) is 26.3 Å². The summed E-state index contributed by atoms with van der Waals surface area (Å²) in [7, 11) is 0. The van der Waals surface area contributed by atoms with Gasteiger partial charge in [0, 0.05) is 15.6 Å². The molecule has 0 saturated heterocycles. The van der Waals surface area contributed by atoms with E-state index in [1.165, 1.54) is 6.07 Å². The van der Waals surface area contributed by atoms with E-state index in [1.54, 1.807) is 30.3 Å². The zero-order valence-electron chi connectivity index (χ0n) is 14.6. The second kappa shape index (κ2) is 7.74. The average Bonchev–Trinajstić information content (AvgIpc) is 2.69. The topological polar surface area (TPSA) is 9.23 Å². The van der Waals surface area contributed by atoms with Gasteiger partial charge in [0.15, 0.2) is 0 Å². The highest BCUT2D eigenvalue weighted by molar-refractivity contribution is 9.10. The first-order valence-corrected chi connectivity index (χ1v) is 9.08. The first kappa shape index (κ1) is 21.2. The summed E-state index contributed by atoms with van der Waals surface area (Å²) in [5, 5.41) is 0. The molecule has 0 heterocycles. The number of hydrogen-bond donors (Lipinski definition) is 0. The highest BCUT2D eigenvalue weighted by Crippen LogP contribution is 2.55. The molecule has 29 heavy (non-hydrogen) atoms. The Hall–Kier alpha value is -2.48. The number of ether oxygens (including phenoxy) is 1. The van der Waals surface area contributed by atoms with Crippen LogP contribution in [0.15, 0.2) is 83.3 Å². The van der Waals surface area contributed by atoms with E-state index in [0.717, 1.165) is 18.2 Å². The van der Waals surface area contributed by atoms with Crippen molar-refractivity contribution >= 4 is 15.9 Å². The maximum atomic E-state index is 14.5. The maximum absolute atomic E-state index is 14.5. The maximum Gasteiger partial charge on any atom is 0.380 e. The molecule has 0 amide bonds. The van der Waals surface area contributed by atoms with Crippen LogP contribution in [0.3, 0.4) is 0 Å². The molecule has 3 aromatic carbocycles. The Morgan fingerprint density at radius 1 is 0.586 bits per heavy atom. The van der Waals surface area contributed by atoms with Gasteiger partial charge in [0.05, 0.1) is 0 Å². The van der Waals surface area contributed by atoms with Crippen LogP contribution in [0.4, 0.5) is 26.3 Å². The zero-order valence-corrected chi connectivity index (χ0v) is 16.1. The number of para-hydroxylation sites is 1. The Kier molecular flexibility index (Phi) is 5.67. The Morgan fingerprint density at radius 2 is 1.14 bits per heavy atom. The predicted molar refractivity (Wildman–Crippen MR) is 99.8 cm³/mol. The molecule has 3 rings (SSSR count). The van der Waals surface area contributed by atoms with Gasteiger partial charge in [-0.15, -0.1) is 0 Å². The van der Waals surface area contributed by atoms with Gasteiger partial charge >= 0.3 is 17.8 Å². The number of hydrogen-bond acceptors (Lipinski definition) is 1. The van der Waals surface area contributed by atoms with Gasteiger partial charge in [-0.25, -0.2) is 0 Å². The molecule has 0 saturated carbocycles. The van der Waals surface area contributed by atoms with E-state index < -0.39 is 28.9 Å². The summed E-state index contributed by atoms with van der Waals surface area (Å²) < 4.78 is 92.0. The molecule has 0 aliphatic rings. The Morgan fingerprint density at radius 3 is 1.72 bits per heavy atom. The van der Waals surface area contributed by atoms with Gasteiger partial charge in [-0.2, -0.15) is 26.3 Å². The molecular formula is C21H13BrF6O. The SMILES string of the molecule is FC(F)(c1ccc(Oc2ccccc2)cc1)C(F)(F)C(F)(F)c1cccc(Br)c1. The highest BCUT2D eigenvalue weighted by atomic mass is 79.9. The molecule has 3 aromatic rings. The normalized spacial score (nSPS) is 12.7. The van der Waals surface area contributed by atoms with Crippen LogP contribution in [0.1, 0.15) is 11.1 Å². The number of benzene rings is 3. The average molecular weight is 475 g/mol. The summed E-state index contributed by atoms with van der Waals surface area (Å²) in [5.41, 5.74) is -2.47. The highest BCUT2D eigenvalue weighted by Gasteiger charge is 2.72. The summed E-state index contributed by atoms with van der Waals surface area (Å²) >= 11 is 2.87. The van der Waals surface area contributed by atoms with Crippen LogP contribution in [-0.2, 0) is 11.8 Å². The van der Waals surface area contributed by atoms with Gasteiger partial charge in [0.1, 0.15) is 11.5 Å². The fourth-order valence-electron chi connectivity index (χ4n) is 2.60. The minimum Gasteiger partial charge on any atom is -0.457 e. The van der Waals surface area contributed by atoms with Crippen LogP contribution in [0.2, 0.25) is 0 Å². The summed E-state index contributed by atoms with van der Waals surface area (Å²) in [5.74, 6) is -15.4. The van der Waals surface area contributed by atoms with Crippen LogP contribution >= 0.6 is 15.9 Å². The molecule has 0 atom stereocenters. The molecule has 0 aromatic heterocycles. The fraction of sp³-hybridized carbons (Fsp3) is 0.143. The van der Waals surface area contributed by atoms with Crippen molar-refractivity contribution in [1.29, 1.82) is 0 Å². The van der Waals surface area contributed by atoms with Crippen molar-refractivity contribution in [3.05, 3.63) is 94.5 Å². The lowest BCUT2D eigenvalue weighted by Gasteiger charge is -2.33. The van der Waals surface area contributed by atoms with Crippen LogP contribution in [0.5, 0.6) is 11.5 Å². The van der Waals surface area contributed by atoms with E-state index >= 15 is 0 Å². The molecule has 152 valence electrons. The Bertz CT molecular complexity index is 974. The van der Waals surface area contributed by atoms with Gasteiger partial charge in [0.25, 0.3) is 0 Å². The molecule has 0 aliphatic carbocycles. The third kappa shape index (κ3) is 3.99. The third-order valence-corrected chi connectivity index (χ3v) is 4.66. The second-order valence-corrected chi connectivity index (χ2v) is 7.09. The third-order valence-electron chi connectivity index (χ3n) is 4.17. The molecule has 0 fully saturated rings. The van der Waals surface area contributed by atoms with Crippen molar-refractivity contribution < 1.29 is 31.1 Å². The predicted octanol–water partition coefficient (Wildman–Crippen LogP) is 7.76. The molecule has 8 heteroatoms. The van der Waals surface area contributed by atoms with Gasteiger partial charge in [-0.1, -0.05) is 46.3 Å². The molecule has 0 spiro atoms. The monoisotopic (exact) mass is 474 g/mol. The largest absolute Gasteiger partial charge is 0.457 e. The quantitative estimate of drug-likeness (QED) is 0.331. The number of alkyl halides is 6. The van der Waals surface area contributed by atoms with Crippen LogP contribution in [0, 0.1) is 0 Å². The van der Waals surface area contributed by atoms with Gasteiger partial charge in [-0.3, -0.25) is 0 Å². The molecule has 0 bridgehead atoms. The van der Waals surface area contributed by atoms with Gasteiger partial charge in [0.2, 0.25) is 0 Å². The lowest BCUT2D eigenvalue weighted by Crippen LogP contribution is -2.50. The Labute approximate surface area is 171 Å². The van der Waals surface area contributed by atoms with Crippen molar-refractivity contribution in [2.24, 2.45) is 0 Å². The standard InChI is InChI=1S/C21H13BrF6O/c22-16-6-4-5-15(13-16)20(25,26)21(27,28)19(23,24)14-9-11-18(12-10-14)29-17-7-2-1-3-8-17/h1-13H. The van der Waals surface area contributed by atoms with Crippen LogP contribution in [0.25, 0.3) is 0 Å². The second-order valence-electron chi connectivity index (χ2n) is 6.17. The smallest absolute Gasteiger partial charge is 0.380 e. The molecule has 1 nitrogen and oxygen atoms in total. The van der Waals surface area contributed by atoms with Gasteiger partial charge < -0.3 is 4.74 Å². The number of rotatable bonds is 6. The van der Waals surface area contributed by atoms with E-state index in [2.05, 4.69) is 15.9 Å². The van der Waals surface area contributed by atoms with Crippen molar-refractivity contribution in [2.75, 3.05) is 0 Å². The van der Waals surface area contributed by atoms with E-state index in [1.807, 2.05) is 0 Å². The van der Waals surface area contributed by atoms with E-state index in [-0.39, 0.29) is 10.2 Å². The summed E-state index contributed by atoms with van der Waals surface area (Å²) in [6, 6.07) is 15.4. The minimum absolute atomic E-state index is 0.0659. The summed E-state index contributed by atoms with van der Waals surface area (Å²) in [6.45, 7) is 0. The first-order chi connectivity index (χ1) is 13.6. The summed E-state index contributed by atoms with van der Waals surface area (Å²) in [4.78, 5) is 0. The van der Waals surface area contributed by atoms with E-state index in [0.29, 0.717) is 30.0 Å². The molecule has 0 N–H and O–H groups in total. The van der Waals surface area contributed by atoms with Crippen molar-refractivity contribution in [1.82, 2.24) is 0 Å². The van der Waals surface area contributed by atoms with Crippen molar-refractivity contribution in [3.63, 3.8) is 0 Å². The summed E-state index contributed by atoms with van der Waals surface area (Å²) in [6.07, 6.45) is 0. The lowest BCUT2D eigenvalue weighted by atomic mass is 9.93. The zero-order chi connectivity index (χ0) is 21.3. The molecular weight excluding hydrogens is 462 g/mol. The van der Waals surface area contributed by atoms with Gasteiger partial charge in [-0.05, 0) is 48.5 Å². The lowest BCUT2D eigenvalue weighted by molar-refractivity contribution is -0.321. The van der Waals surface area contributed by atoms with Crippen LogP contribution in [-0.4, -0.2) is 5.92 Å². The molecule has 0 unspecified atom stereocenters. The fourth-order valence-corrected chi connectivity index (χ4v) is 3.00.